The maximum Gasteiger partial charge on any atom is 0.471 e. The Morgan fingerprint density at radius 3 is 1.83 bits per heavy atom. The number of nitrogens with one attached hydrogen (secondary N) is 3. The van der Waals surface area contributed by atoms with Crippen molar-refractivity contribution in [2.45, 2.75) is 106 Å². The van der Waals surface area contributed by atoms with Gasteiger partial charge in [0.05, 0.1) is 50.0 Å². The quantitative estimate of drug-likeness (QED) is 0.164. The summed E-state index contributed by atoms with van der Waals surface area (Å²) in [5.74, 6) is -4.49. The summed E-state index contributed by atoms with van der Waals surface area (Å²) in [5.41, 5.74) is 0.376. The normalized spacial score (nSPS) is 26.4. The molecule has 2 aromatic carbocycles. The van der Waals surface area contributed by atoms with Gasteiger partial charge in [0.25, 0.3) is 9.70 Å². The molecule has 2 aliphatic heterocycles. The summed E-state index contributed by atoms with van der Waals surface area (Å²) in [4.78, 5) is 51.7. The van der Waals surface area contributed by atoms with E-state index in [1.807, 2.05) is 34.9 Å². The van der Waals surface area contributed by atoms with Crippen LogP contribution in [0.25, 0.3) is 0 Å². The van der Waals surface area contributed by atoms with Gasteiger partial charge < -0.3 is 48.5 Å². The third-order valence-electron chi connectivity index (χ3n) is 8.98. The second-order valence-corrected chi connectivity index (χ2v) is 16.9. The van der Waals surface area contributed by atoms with E-state index in [2.05, 4.69) is 5.32 Å². The molecule has 2 aliphatic rings. The largest absolute Gasteiger partial charge is 0.471 e. The van der Waals surface area contributed by atoms with Crippen LogP contribution in [0.15, 0.2) is 60.7 Å². The number of halogens is 6. The molecule has 3 N–H and O–H groups in total. The van der Waals surface area contributed by atoms with E-state index in [4.69, 9.17) is 72.7 Å². The molecule has 2 aromatic rings. The summed E-state index contributed by atoms with van der Waals surface area (Å²) in [6.07, 6.45) is -15.3. The van der Waals surface area contributed by atoms with Crippen molar-refractivity contribution in [3.63, 3.8) is 0 Å². The van der Waals surface area contributed by atoms with Crippen LogP contribution in [-0.2, 0) is 65.5 Å². The molecule has 21 heteroatoms. The Bertz CT molecular complexity index is 1690. The number of hydrogen-bond acceptors (Lipinski definition) is 12. The van der Waals surface area contributed by atoms with Gasteiger partial charge in [-0.3, -0.25) is 19.7 Å². The van der Waals surface area contributed by atoms with E-state index in [0.717, 1.165) is 11.1 Å². The molecule has 15 nitrogen and oxygen atoms in total. The van der Waals surface area contributed by atoms with E-state index < -0.39 is 94.4 Å². The van der Waals surface area contributed by atoms with E-state index >= 15 is 0 Å². The lowest BCUT2D eigenvalue weighted by atomic mass is 9.94. The van der Waals surface area contributed by atoms with Crippen LogP contribution in [0.1, 0.15) is 38.3 Å². The molecule has 2 fully saturated rings. The predicted octanol–water partition coefficient (Wildman–Crippen LogP) is 4.88. The molecular formula is C38H47Cl3F3N3O12. The molecule has 2 heterocycles. The minimum absolute atomic E-state index is 0.0766. The van der Waals surface area contributed by atoms with Gasteiger partial charge in [0.1, 0.15) is 18.3 Å². The zero-order valence-electron chi connectivity index (χ0n) is 32.7. The van der Waals surface area contributed by atoms with Crippen LogP contribution in [0.5, 0.6) is 0 Å². The third-order valence-corrected chi connectivity index (χ3v) is 9.49. The average molecular weight is 901 g/mol. The summed E-state index contributed by atoms with van der Waals surface area (Å²) in [6.45, 7) is 4.23. The van der Waals surface area contributed by atoms with Crippen LogP contribution in [0.2, 0.25) is 0 Å². The first-order chi connectivity index (χ1) is 27.7. The highest BCUT2D eigenvalue weighted by Crippen LogP contribution is 2.34. The van der Waals surface area contributed by atoms with E-state index in [1.54, 1.807) is 36.4 Å². The zero-order chi connectivity index (χ0) is 43.5. The Balaban J connectivity index is 1.76. The Labute approximate surface area is 354 Å². The standard InChI is InChI=1S/C38H47Cl3F3N3O12/c1-36(2,3)34(50)59-27-24(45-33(49)38(42,43)44)16-23(19-54-17-21-12-8-6-9-13-21)56-31(27)58-28-25(20-55-18-22-14-10-7-11-15-22)57-30(53-5)29(52-4)26(28)46-35(51)47-32(48)37(39,40)41/h6-15,23-31H,16-20H2,1-5H3,(H,45,49)(H2,46,47,48,51)/t23-,24-,25+,26+,27+,28-,29+,30+,31-/m0/s1. The van der Waals surface area contributed by atoms with Gasteiger partial charge in [-0.15, -0.1) is 0 Å². The molecule has 59 heavy (non-hydrogen) atoms. The third kappa shape index (κ3) is 14.4. The molecular weight excluding hydrogens is 854 g/mol. The maximum atomic E-state index is 13.8. The van der Waals surface area contributed by atoms with Gasteiger partial charge in [0.15, 0.2) is 18.7 Å². The van der Waals surface area contributed by atoms with E-state index in [9.17, 15) is 32.3 Å². The number of esters is 1. The van der Waals surface area contributed by atoms with Crippen molar-refractivity contribution in [1.82, 2.24) is 16.0 Å². The molecule has 0 unspecified atom stereocenters. The number of benzene rings is 2. The lowest BCUT2D eigenvalue weighted by Crippen LogP contribution is -2.69. The Morgan fingerprint density at radius 1 is 0.746 bits per heavy atom. The van der Waals surface area contributed by atoms with Gasteiger partial charge in [-0.25, -0.2) is 4.79 Å². The molecule has 0 bridgehead atoms. The van der Waals surface area contributed by atoms with Crippen LogP contribution >= 0.6 is 34.8 Å². The average Bonchev–Trinajstić information content (AvgIpc) is 3.16. The van der Waals surface area contributed by atoms with Crippen LogP contribution in [0, 0.1) is 5.41 Å². The first-order valence-electron chi connectivity index (χ1n) is 18.2. The highest BCUT2D eigenvalue weighted by molar-refractivity contribution is 6.76. The van der Waals surface area contributed by atoms with Gasteiger partial charge >= 0.3 is 24.1 Å². The highest BCUT2D eigenvalue weighted by atomic mass is 35.6. The van der Waals surface area contributed by atoms with E-state index in [1.165, 1.54) is 35.0 Å². The number of amides is 4. The number of methoxy groups -OCH3 is 2. The van der Waals surface area contributed by atoms with Gasteiger partial charge in [0.2, 0.25) is 0 Å². The van der Waals surface area contributed by atoms with Gasteiger partial charge in [-0.2, -0.15) is 13.2 Å². The Hall–Kier alpha value is -3.30. The smallest absolute Gasteiger partial charge is 0.454 e. The molecule has 2 saturated heterocycles. The van der Waals surface area contributed by atoms with Crippen molar-refractivity contribution in [3.05, 3.63) is 71.8 Å². The van der Waals surface area contributed by atoms with Crippen molar-refractivity contribution >= 4 is 58.6 Å². The Kier molecular flexibility index (Phi) is 17.6. The monoisotopic (exact) mass is 899 g/mol. The topological polar surface area (TPSA) is 178 Å². The number of alkyl halides is 6. The zero-order valence-corrected chi connectivity index (χ0v) is 34.9. The van der Waals surface area contributed by atoms with Gasteiger partial charge in [-0.1, -0.05) is 95.5 Å². The number of rotatable bonds is 15. The number of urea groups is 1. The molecule has 9 atom stereocenters. The highest BCUT2D eigenvalue weighted by Gasteiger charge is 2.53. The van der Waals surface area contributed by atoms with Crippen LogP contribution in [0.3, 0.4) is 0 Å². The number of imide groups is 1. The fraction of sp³-hybridized carbons (Fsp3) is 0.579. The Morgan fingerprint density at radius 2 is 1.32 bits per heavy atom. The van der Waals surface area contributed by atoms with Gasteiger partial charge in [0, 0.05) is 14.2 Å². The summed E-state index contributed by atoms with van der Waals surface area (Å²) in [5, 5.41) is 6.40. The first-order valence-corrected chi connectivity index (χ1v) is 19.4. The predicted molar refractivity (Wildman–Crippen MR) is 205 cm³/mol. The van der Waals surface area contributed by atoms with E-state index in [0.29, 0.717) is 0 Å². The van der Waals surface area contributed by atoms with Crippen molar-refractivity contribution in [3.8, 4) is 0 Å². The lowest BCUT2D eigenvalue weighted by Gasteiger charge is -2.48. The minimum Gasteiger partial charge on any atom is -0.454 e. The fourth-order valence-corrected chi connectivity index (χ4v) is 6.22. The first kappa shape index (κ1) is 48.4. The molecule has 0 spiro atoms. The maximum absolute atomic E-state index is 13.8. The lowest BCUT2D eigenvalue weighted by molar-refractivity contribution is -0.330. The molecule has 4 rings (SSSR count). The summed E-state index contributed by atoms with van der Waals surface area (Å²) < 4.78 is 86.7. The second-order valence-electron chi connectivity index (χ2n) is 14.6. The van der Waals surface area contributed by atoms with Crippen molar-refractivity contribution < 1.29 is 70.2 Å². The molecule has 328 valence electrons. The van der Waals surface area contributed by atoms with Crippen molar-refractivity contribution in [2.75, 3.05) is 27.4 Å². The summed E-state index contributed by atoms with van der Waals surface area (Å²) in [6, 6.07) is 13.9. The fourth-order valence-electron chi connectivity index (χ4n) is 6.07. The van der Waals surface area contributed by atoms with Crippen LogP contribution in [-0.4, -0.2) is 116 Å². The number of carbonyl (C=O) groups excluding carboxylic acids is 4. The number of hydrogen-bond donors (Lipinski definition) is 3. The minimum atomic E-state index is -5.32. The van der Waals surface area contributed by atoms with Crippen LogP contribution < -0.4 is 16.0 Å². The van der Waals surface area contributed by atoms with Crippen LogP contribution in [0.4, 0.5) is 18.0 Å². The molecule has 0 saturated carbocycles. The second kappa shape index (κ2) is 21.5. The SMILES string of the molecule is CO[C@@H]1O[C@H](COCc2ccccc2)[C@H](O[C@@H]2O[C@H](COCc3ccccc3)C[C@H](NC(=O)C(F)(F)F)[C@H]2OC(=O)C(C)(C)C)[C@@H](NC(=O)NC(=O)C(Cl)(Cl)Cl)[C@H]1OC. The molecule has 0 aromatic heterocycles. The number of ether oxygens (including phenoxy) is 8. The molecule has 0 radical (unpaired) electrons. The molecule has 0 aliphatic carbocycles. The molecule has 4 amide bonds. The van der Waals surface area contributed by atoms with Gasteiger partial charge in [-0.05, 0) is 38.3 Å². The van der Waals surface area contributed by atoms with Crippen molar-refractivity contribution in [1.29, 1.82) is 0 Å². The summed E-state index contributed by atoms with van der Waals surface area (Å²) in [7, 11) is 2.56. The summed E-state index contributed by atoms with van der Waals surface area (Å²) >= 11 is 17.0. The van der Waals surface area contributed by atoms with E-state index in [-0.39, 0.29) is 32.8 Å². The number of carbonyl (C=O) groups is 4. The van der Waals surface area contributed by atoms with Crippen molar-refractivity contribution in [2.24, 2.45) is 5.41 Å².